The highest BCUT2D eigenvalue weighted by Crippen LogP contribution is 2.19. The normalized spacial score (nSPS) is 16.9. The van der Waals surface area contributed by atoms with Gasteiger partial charge in [-0.1, -0.05) is 37.5 Å². The van der Waals surface area contributed by atoms with Gasteiger partial charge >= 0.3 is 0 Å². The Kier molecular flexibility index (Phi) is 5.62. The van der Waals surface area contributed by atoms with E-state index in [1.807, 2.05) is 12.1 Å². The third kappa shape index (κ3) is 4.39. The van der Waals surface area contributed by atoms with Gasteiger partial charge in [0.05, 0.1) is 12.7 Å². The molecule has 0 aliphatic heterocycles. The second-order valence-electron chi connectivity index (χ2n) is 4.90. The summed E-state index contributed by atoms with van der Waals surface area (Å²) in [6, 6.07) is 6.88. The van der Waals surface area contributed by atoms with Crippen molar-refractivity contribution in [1.82, 2.24) is 5.32 Å². The first-order valence-electron chi connectivity index (χ1n) is 6.92. The SMILES string of the molecule is Fc1ccccc1CNCCOC1CCCCC1. The molecule has 0 bridgehead atoms. The van der Waals surface area contributed by atoms with Crippen LogP contribution in [0.5, 0.6) is 0 Å². The summed E-state index contributed by atoms with van der Waals surface area (Å²) in [6.07, 6.45) is 6.81. The van der Waals surface area contributed by atoms with E-state index in [9.17, 15) is 4.39 Å². The van der Waals surface area contributed by atoms with E-state index < -0.39 is 0 Å². The number of hydrogen-bond donors (Lipinski definition) is 1. The molecule has 1 aliphatic carbocycles. The van der Waals surface area contributed by atoms with E-state index in [0.29, 0.717) is 12.6 Å². The summed E-state index contributed by atoms with van der Waals surface area (Å²) in [5.41, 5.74) is 0.718. The lowest BCUT2D eigenvalue weighted by Crippen LogP contribution is -2.24. The molecule has 0 radical (unpaired) electrons. The van der Waals surface area contributed by atoms with Crippen LogP contribution in [-0.2, 0) is 11.3 Å². The molecule has 100 valence electrons. The Morgan fingerprint density at radius 3 is 2.72 bits per heavy atom. The van der Waals surface area contributed by atoms with Crippen molar-refractivity contribution in [3.8, 4) is 0 Å². The van der Waals surface area contributed by atoms with E-state index in [0.717, 1.165) is 18.7 Å². The lowest BCUT2D eigenvalue weighted by molar-refractivity contribution is 0.0302. The smallest absolute Gasteiger partial charge is 0.127 e. The maximum atomic E-state index is 13.3. The first kappa shape index (κ1) is 13.5. The maximum Gasteiger partial charge on any atom is 0.127 e. The third-order valence-electron chi connectivity index (χ3n) is 3.46. The van der Waals surface area contributed by atoms with Gasteiger partial charge in [0.1, 0.15) is 5.82 Å². The topological polar surface area (TPSA) is 21.3 Å². The Morgan fingerprint density at radius 2 is 1.94 bits per heavy atom. The van der Waals surface area contributed by atoms with Crippen molar-refractivity contribution in [3.63, 3.8) is 0 Å². The van der Waals surface area contributed by atoms with Gasteiger partial charge in [-0.15, -0.1) is 0 Å². The highest BCUT2D eigenvalue weighted by molar-refractivity contribution is 5.16. The fourth-order valence-electron chi connectivity index (χ4n) is 2.39. The van der Waals surface area contributed by atoms with E-state index >= 15 is 0 Å². The second-order valence-corrected chi connectivity index (χ2v) is 4.90. The summed E-state index contributed by atoms with van der Waals surface area (Å²) in [6.45, 7) is 2.07. The highest BCUT2D eigenvalue weighted by Gasteiger charge is 2.12. The van der Waals surface area contributed by atoms with Crippen molar-refractivity contribution >= 4 is 0 Å². The average molecular weight is 251 g/mol. The molecular formula is C15H22FNO. The van der Waals surface area contributed by atoms with E-state index in [1.165, 1.54) is 38.2 Å². The fraction of sp³-hybridized carbons (Fsp3) is 0.600. The van der Waals surface area contributed by atoms with Crippen molar-refractivity contribution in [2.24, 2.45) is 0 Å². The average Bonchev–Trinajstić information content (AvgIpc) is 2.42. The lowest BCUT2D eigenvalue weighted by atomic mass is 9.98. The van der Waals surface area contributed by atoms with E-state index in [1.54, 1.807) is 6.07 Å². The first-order chi connectivity index (χ1) is 8.86. The lowest BCUT2D eigenvalue weighted by Gasteiger charge is -2.22. The zero-order valence-electron chi connectivity index (χ0n) is 10.8. The van der Waals surface area contributed by atoms with Gasteiger partial charge in [0.25, 0.3) is 0 Å². The molecule has 0 saturated heterocycles. The number of rotatable bonds is 6. The predicted molar refractivity (Wildman–Crippen MR) is 70.9 cm³/mol. The number of halogens is 1. The van der Waals surface area contributed by atoms with Crippen LogP contribution in [-0.4, -0.2) is 19.3 Å². The maximum absolute atomic E-state index is 13.3. The van der Waals surface area contributed by atoms with Crippen molar-refractivity contribution < 1.29 is 9.13 Å². The Labute approximate surface area is 109 Å². The molecule has 0 atom stereocenters. The van der Waals surface area contributed by atoms with Gasteiger partial charge in [-0.25, -0.2) is 4.39 Å². The van der Waals surface area contributed by atoms with Crippen LogP contribution in [0.2, 0.25) is 0 Å². The number of hydrogen-bond acceptors (Lipinski definition) is 2. The fourth-order valence-corrected chi connectivity index (χ4v) is 2.39. The molecule has 0 aromatic heterocycles. The molecule has 0 unspecified atom stereocenters. The summed E-state index contributed by atoms with van der Waals surface area (Å²) in [4.78, 5) is 0. The second kappa shape index (κ2) is 7.49. The van der Waals surface area contributed by atoms with Crippen molar-refractivity contribution in [1.29, 1.82) is 0 Å². The zero-order valence-corrected chi connectivity index (χ0v) is 10.8. The standard InChI is InChI=1S/C15H22FNO/c16-15-9-5-4-6-13(15)12-17-10-11-18-14-7-2-1-3-8-14/h4-6,9,14,17H,1-3,7-8,10-12H2. The Hall–Kier alpha value is -0.930. The van der Waals surface area contributed by atoms with E-state index in [2.05, 4.69) is 5.32 Å². The van der Waals surface area contributed by atoms with Gasteiger partial charge in [-0.3, -0.25) is 0 Å². The van der Waals surface area contributed by atoms with Crippen LogP contribution >= 0.6 is 0 Å². The molecule has 18 heavy (non-hydrogen) atoms. The summed E-state index contributed by atoms with van der Waals surface area (Å²) in [5.74, 6) is -0.141. The quantitative estimate of drug-likeness (QED) is 0.784. The monoisotopic (exact) mass is 251 g/mol. The number of benzene rings is 1. The first-order valence-corrected chi connectivity index (χ1v) is 6.92. The Morgan fingerprint density at radius 1 is 1.17 bits per heavy atom. The third-order valence-corrected chi connectivity index (χ3v) is 3.46. The molecule has 1 saturated carbocycles. The molecule has 1 N–H and O–H groups in total. The molecule has 1 fully saturated rings. The van der Waals surface area contributed by atoms with Gasteiger partial charge in [0.15, 0.2) is 0 Å². The Balaban J connectivity index is 1.57. The van der Waals surface area contributed by atoms with Gasteiger partial charge in [0, 0.05) is 18.7 Å². The largest absolute Gasteiger partial charge is 0.377 e. The summed E-state index contributed by atoms with van der Waals surface area (Å²) in [5, 5.41) is 3.22. The molecule has 0 heterocycles. The van der Waals surface area contributed by atoms with Crippen molar-refractivity contribution in [3.05, 3.63) is 35.6 Å². The van der Waals surface area contributed by atoms with Gasteiger partial charge < -0.3 is 10.1 Å². The zero-order chi connectivity index (χ0) is 12.6. The molecule has 2 nitrogen and oxygen atoms in total. The van der Waals surface area contributed by atoms with Crippen LogP contribution < -0.4 is 5.32 Å². The predicted octanol–water partition coefficient (Wildman–Crippen LogP) is 3.26. The van der Waals surface area contributed by atoms with Gasteiger partial charge in [-0.2, -0.15) is 0 Å². The number of nitrogens with one attached hydrogen (secondary N) is 1. The molecule has 3 heteroatoms. The molecule has 1 aromatic carbocycles. The molecule has 1 aliphatic rings. The van der Waals surface area contributed by atoms with Crippen LogP contribution in [0.4, 0.5) is 4.39 Å². The van der Waals surface area contributed by atoms with Crippen LogP contribution in [0.1, 0.15) is 37.7 Å². The minimum atomic E-state index is -0.141. The van der Waals surface area contributed by atoms with Crippen LogP contribution in [0.25, 0.3) is 0 Å². The van der Waals surface area contributed by atoms with Crippen molar-refractivity contribution in [2.75, 3.05) is 13.2 Å². The van der Waals surface area contributed by atoms with E-state index in [-0.39, 0.29) is 5.82 Å². The summed E-state index contributed by atoms with van der Waals surface area (Å²) < 4.78 is 19.1. The summed E-state index contributed by atoms with van der Waals surface area (Å²) in [7, 11) is 0. The van der Waals surface area contributed by atoms with Gasteiger partial charge in [-0.05, 0) is 18.9 Å². The Bertz CT molecular complexity index is 350. The minimum Gasteiger partial charge on any atom is -0.377 e. The molecular weight excluding hydrogens is 229 g/mol. The number of ether oxygens (including phenoxy) is 1. The van der Waals surface area contributed by atoms with Crippen LogP contribution in [0.15, 0.2) is 24.3 Å². The molecule has 1 aromatic rings. The molecule has 0 amide bonds. The summed E-state index contributed by atoms with van der Waals surface area (Å²) >= 11 is 0. The highest BCUT2D eigenvalue weighted by atomic mass is 19.1. The van der Waals surface area contributed by atoms with Gasteiger partial charge in [0.2, 0.25) is 0 Å². The molecule has 0 spiro atoms. The minimum absolute atomic E-state index is 0.141. The molecule has 2 rings (SSSR count). The van der Waals surface area contributed by atoms with Crippen molar-refractivity contribution in [2.45, 2.75) is 44.8 Å². The van der Waals surface area contributed by atoms with Crippen LogP contribution in [0.3, 0.4) is 0 Å². The van der Waals surface area contributed by atoms with Crippen LogP contribution in [0, 0.1) is 5.82 Å². The van der Waals surface area contributed by atoms with E-state index in [4.69, 9.17) is 4.74 Å².